The van der Waals surface area contributed by atoms with Crippen molar-refractivity contribution in [1.82, 2.24) is 5.32 Å². The maximum absolute atomic E-state index is 12.2. The maximum Gasteiger partial charge on any atom is 0.275 e. The summed E-state index contributed by atoms with van der Waals surface area (Å²) in [5, 5.41) is 3.51. The fourth-order valence-corrected chi connectivity index (χ4v) is 2.84. The number of carbonyl (C=O) groups is 1. The molecule has 128 valence electrons. The molecule has 0 unspecified atom stereocenters. The molecule has 2 aromatic rings. The van der Waals surface area contributed by atoms with Gasteiger partial charge in [-0.15, -0.1) is 0 Å². The van der Waals surface area contributed by atoms with E-state index in [9.17, 15) is 4.79 Å². The van der Waals surface area contributed by atoms with Crippen LogP contribution >= 0.6 is 11.6 Å². The van der Waals surface area contributed by atoms with Crippen LogP contribution in [0.4, 0.5) is 0 Å². The third-order valence-electron chi connectivity index (χ3n) is 4.02. The number of amidine groups is 1. The maximum atomic E-state index is 12.2. The van der Waals surface area contributed by atoms with E-state index in [1.807, 2.05) is 42.5 Å². The fourth-order valence-electron chi connectivity index (χ4n) is 2.72. The molecule has 1 amide bonds. The number of rotatable bonds is 5. The minimum absolute atomic E-state index is 0.183. The van der Waals surface area contributed by atoms with E-state index in [1.54, 1.807) is 13.2 Å². The lowest BCUT2D eigenvalue weighted by molar-refractivity contribution is -0.115. The molecule has 25 heavy (non-hydrogen) atoms. The molecular weight excluding hydrogens is 336 g/mol. The summed E-state index contributed by atoms with van der Waals surface area (Å²) in [6.45, 7) is 2.07. The van der Waals surface area contributed by atoms with Crippen molar-refractivity contribution < 1.29 is 9.53 Å². The molecule has 3 rings (SSSR count). The molecule has 0 saturated heterocycles. The van der Waals surface area contributed by atoms with Crippen molar-refractivity contribution in [2.75, 3.05) is 7.11 Å². The lowest BCUT2D eigenvalue weighted by Gasteiger charge is -2.07. The number of methoxy groups -OCH3 is 1. The minimum Gasteiger partial charge on any atom is -0.496 e. The largest absolute Gasteiger partial charge is 0.496 e. The molecule has 2 aromatic carbocycles. The Morgan fingerprint density at radius 3 is 2.64 bits per heavy atom. The smallest absolute Gasteiger partial charge is 0.275 e. The average Bonchev–Trinajstić information content (AvgIpc) is 2.96. The van der Waals surface area contributed by atoms with E-state index in [2.05, 4.69) is 17.2 Å². The van der Waals surface area contributed by atoms with Gasteiger partial charge in [-0.25, -0.2) is 4.99 Å². The van der Waals surface area contributed by atoms with Gasteiger partial charge in [-0.1, -0.05) is 36.7 Å². The monoisotopic (exact) mass is 354 g/mol. The van der Waals surface area contributed by atoms with Gasteiger partial charge < -0.3 is 10.1 Å². The molecule has 0 aromatic heterocycles. The van der Waals surface area contributed by atoms with Gasteiger partial charge >= 0.3 is 0 Å². The van der Waals surface area contributed by atoms with Crippen molar-refractivity contribution in [2.24, 2.45) is 4.99 Å². The van der Waals surface area contributed by atoms with Crippen LogP contribution in [0.5, 0.6) is 5.75 Å². The first-order valence-corrected chi connectivity index (χ1v) is 8.49. The third-order valence-corrected chi connectivity index (χ3v) is 4.27. The molecule has 4 nitrogen and oxygen atoms in total. The number of amides is 1. The lowest BCUT2D eigenvalue weighted by Crippen LogP contribution is -2.25. The number of aryl methyl sites for hydroxylation is 1. The van der Waals surface area contributed by atoms with E-state index < -0.39 is 0 Å². The van der Waals surface area contributed by atoms with Crippen LogP contribution in [0.1, 0.15) is 23.6 Å². The standard InChI is InChI=1S/C20H19ClN2O2/c1-3-15-10-14(6-9-18(15)25-2)11-17-20(24)23-19(22-17)12-13-4-7-16(21)8-5-13/h4-11H,3,12H2,1-2H3,(H,22,23,24)/b17-11+. The fraction of sp³-hybridized carbons (Fsp3) is 0.200. The van der Waals surface area contributed by atoms with E-state index in [1.165, 1.54) is 0 Å². The third kappa shape index (κ3) is 4.09. The Morgan fingerprint density at radius 2 is 1.96 bits per heavy atom. The first-order chi connectivity index (χ1) is 12.1. The molecule has 0 bridgehead atoms. The predicted octanol–water partition coefficient (Wildman–Crippen LogP) is 4.02. The summed E-state index contributed by atoms with van der Waals surface area (Å²) in [5.41, 5.74) is 3.48. The molecular formula is C20H19ClN2O2. The highest BCUT2D eigenvalue weighted by Crippen LogP contribution is 2.23. The highest BCUT2D eigenvalue weighted by atomic mass is 35.5. The molecule has 1 N–H and O–H groups in total. The Morgan fingerprint density at radius 1 is 1.20 bits per heavy atom. The Hall–Kier alpha value is -2.59. The summed E-state index contributed by atoms with van der Waals surface area (Å²) in [7, 11) is 1.66. The number of carbonyl (C=O) groups excluding carboxylic acids is 1. The van der Waals surface area contributed by atoms with Crippen LogP contribution < -0.4 is 10.1 Å². The number of halogens is 1. The van der Waals surface area contributed by atoms with E-state index in [0.717, 1.165) is 28.9 Å². The van der Waals surface area contributed by atoms with Crippen molar-refractivity contribution in [3.8, 4) is 5.75 Å². The Bertz CT molecular complexity index is 854. The number of nitrogens with zero attached hydrogens (tertiary/aromatic N) is 1. The number of aliphatic imine (C=N–C) groups is 1. The number of ether oxygens (including phenoxy) is 1. The van der Waals surface area contributed by atoms with E-state index in [4.69, 9.17) is 16.3 Å². The normalized spacial score (nSPS) is 15.2. The van der Waals surface area contributed by atoms with Gasteiger partial charge in [0, 0.05) is 11.4 Å². The molecule has 1 aliphatic rings. The molecule has 1 aliphatic heterocycles. The second-order valence-corrected chi connectivity index (χ2v) is 6.21. The molecule has 0 fully saturated rings. The number of hydrogen-bond acceptors (Lipinski definition) is 3. The van der Waals surface area contributed by atoms with Gasteiger partial charge in [0.15, 0.2) is 0 Å². The van der Waals surface area contributed by atoms with Gasteiger partial charge in [-0.2, -0.15) is 0 Å². The van der Waals surface area contributed by atoms with Crippen LogP contribution in [-0.2, 0) is 17.6 Å². The van der Waals surface area contributed by atoms with E-state index in [-0.39, 0.29) is 5.91 Å². The summed E-state index contributed by atoms with van der Waals surface area (Å²) in [6.07, 6.45) is 3.21. The second kappa shape index (κ2) is 7.53. The van der Waals surface area contributed by atoms with Crippen molar-refractivity contribution in [2.45, 2.75) is 19.8 Å². The van der Waals surface area contributed by atoms with Crippen molar-refractivity contribution >= 4 is 29.4 Å². The number of nitrogens with one attached hydrogen (secondary N) is 1. The van der Waals surface area contributed by atoms with Crippen LogP contribution in [0.15, 0.2) is 53.2 Å². The topological polar surface area (TPSA) is 50.7 Å². The highest BCUT2D eigenvalue weighted by molar-refractivity contribution is 6.30. The number of hydrogen-bond donors (Lipinski definition) is 1. The van der Waals surface area contributed by atoms with Crippen molar-refractivity contribution in [3.05, 3.63) is 69.9 Å². The molecule has 0 radical (unpaired) electrons. The van der Waals surface area contributed by atoms with Gasteiger partial charge in [0.2, 0.25) is 0 Å². The zero-order valence-electron chi connectivity index (χ0n) is 14.2. The summed E-state index contributed by atoms with van der Waals surface area (Å²) < 4.78 is 5.34. The average molecular weight is 355 g/mol. The molecule has 0 saturated carbocycles. The second-order valence-electron chi connectivity index (χ2n) is 5.77. The van der Waals surface area contributed by atoms with E-state index >= 15 is 0 Å². The Balaban J connectivity index is 1.82. The van der Waals surface area contributed by atoms with Gasteiger partial charge in [-0.3, -0.25) is 4.79 Å². The van der Waals surface area contributed by atoms with Crippen molar-refractivity contribution in [1.29, 1.82) is 0 Å². The minimum atomic E-state index is -0.183. The van der Waals surface area contributed by atoms with Crippen LogP contribution in [0.2, 0.25) is 5.02 Å². The zero-order valence-corrected chi connectivity index (χ0v) is 14.9. The summed E-state index contributed by atoms with van der Waals surface area (Å²) in [6, 6.07) is 13.4. The Labute approximate surface area is 152 Å². The van der Waals surface area contributed by atoms with Crippen LogP contribution in [0.3, 0.4) is 0 Å². The van der Waals surface area contributed by atoms with Crippen molar-refractivity contribution in [3.63, 3.8) is 0 Å². The molecule has 0 atom stereocenters. The molecule has 0 aliphatic carbocycles. The zero-order chi connectivity index (χ0) is 17.8. The predicted molar refractivity (Wildman–Crippen MR) is 101 cm³/mol. The van der Waals surface area contributed by atoms with Gasteiger partial charge in [0.25, 0.3) is 5.91 Å². The van der Waals surface area contributed by atoms with Gasteiger partial charge in [-0.05, 0) is 53.5 Å². The summed E-state index contributed by atoms with van der Waals surface area (Å²) >= 11 is 5.89. The summed E-state index contributed by atoms with van der Waals surface area (Å²) in [5.74, 6) is 1.31. The molecule has 0 spiro atoms. The highest BCUT2D eigenvalue weighted by Gasteiger charge is 2.20. The summed E-state index contributed by atoms with van der Waals surface area (Å²) in [4.78, 5) is 16.6. The Kier molecular flexibility index (Phi) is 5.19. The lowest BCUT2D eigenvalue weighted by atomic mass is 10.1. The number of benzene rings is 2. The first kappa shape index (κ1) is 17.2. The molecule has 1 heterocycles. The van der Waals surface area contributed by atoms with E-state index in [0.29, 0.717) is 23.0 Å². The van der Waals surface area contributed by atoms with Crippen LogP contribution in [-0.4, -0.2) is 18.9 Å². The molecule has 5 heteroatoms. The first-order valence-electron chi connectivity index (χ1n) is 8.11. The van der Waals surface area contributed by atoms with Gasteiger partial charge in [0.1, 0.15) is 17.3 Å². The SMILES string of the molecule is CCc1cc(/C=C2/N=C(Cc3ccc(Cl)cc3)NC2=O)ccc1OC. The quantitative estimate of drug-likeness (QED) is 0.824. The van der Waals surface area contributed by atoms with Crippen LogP contribution in [0.25, 0.3) is 6.08 Å². The van der Waals surface area contributed by atoms with Crippen LogP contribution in [0, 0.1) is 0 Å². The van der Waals surface area contributed by atoms with Gasteiger partial charge in [0.05, 0.1) is 7.11 Å².